The molecule has 0 aromatic rings. The summed E-state index contributed by atoms with van der Waals surface area (Å²) in [6.45, 7) is 0. The van der Waals surface area contributed by atoms with E-state index in [1.165, 1.54) is 0 Å². The lowest BCUT2D eigenvalue weighted by atomic mass is 10.1. The van der Waals surface area contributed by atoms with E-state index < -0.39 is 33.7 Å². The van der Waals surface area contributed by atoms with Crippen molar-refractivity contribution >= 4 is 34.8 Å². The molecule has 0 N–H and O–H groups in total. The third-order valence-electron chi connectivity index (χ3n) is 1.47. The maximum Gasteiger partial charge on any atom is 0.422 e. The highest BCUT2D eigenvalue weighted by Crippen LogP contribution is 2.52. The van der Waals surface area contributed by atoms with Gasteiger partial charge in [0.05, 0.1) is 0 Å². The number of halogens is 11. The Hall–Kier alpha value is 0.0500. The van der Waals surface area contributed by atoms with E-state index in [-0.39, 0.29) is 0 Å². The lowest BCUT2D eigenvalue weighted by molar-refractivity contribution is -0.198. The summed E-state index contributed by atoms with van der Waals surface area (Å²) in [7, 11) is 0. The van der Waals surface area contributed by atoms with E-state index in [1.807, 2.05) is 0 Å². The quantitative estimate of drug-likeness (QED) is 0.502. The van der Waals surface area contributed by atoms with E-state index in [4.69, 9.17) is 0 Å². The molecule has 0 aliphatic heterocycles. The Labute approximate surface area is 104 Å². The molecule has 0 spiro atoms. The number of hydrogen-bond acceptors (Lipinski definition) is 0. The monoisotopic (exact) mass is 330 g/mol. The van der Waals surface area contributed by atoms with Gasteiger partial charge in [0.25, 0.3) is 6.08 Å². The Bertz CT molecular complexity index is 316. The van der Waals surface area contributed by atoms with Gasteiger partial charge < -0.3 is 0 Å². The van der Waals surface area contributed by atoms with Gasteiger partial charge in [-0.3, -0.25) is 0 Å². The van der Waals surface area contributed by atoms with Crippen LogP contribution in [0.2, 0.25) is 0 Å². The first kappa shape index (κ1) is 17.1. The van der Waals surface area contributed by atoms with Crippen molar-refractivity contribution in [3.8, 4) is 0 Å². The van der Waals surface area contributed by atoms with Crippen molar-refractivity contribution in [1.82, 2.24) is 0 Å². The van der Waals surface area contributed by atoms with Crippen LogP contribution in [0, 0.1) is 0 Å². The van der Waals surface area contributed by atoms with Gasteiger partial charge in [0.15, 0.2) is 5.03 Å². The lowest BCUT2D eigenvalue weighted by Gasteiger charge is -2.32. The third kappa shape index (κ3) is 3.29. The molecule has 0 aliphatic carbocycles. The largest absolute Gasteiger partial charge is 0.422 e. The fourth-order valence-corrected chi connectivity index (χ4v) is 1.31. The van der Waals surface area contributed by atoms with Crippen LogP contribution in [0.5, 0.6) is 0 Å². The average molecular weight is 331 g/mol. The smallest absolute Gasteiger partial charge is 0.234 e. The van der Waals surface area contributed by atoms with Crippen LogP contribution in [-0.4, -0.2) is 22.6 Å². The predicted molar refractivity (Wildman–Crippen MR) is 45.4 cm³/mol. The van der Waals surface area contributed by atoms with Crippen molar-refractivity contribution in [1.29, 1.82) is 0 Å². The molecular weight excluding hydrogens is 330 g/mol. The molecule has 0 heterocycles. The Morgan fingerprint density at radius 1 is 0.941 bits per heavy atom. The van der Waals surface area contributed by atoms with Crippen molar-refractivity contribution in [3.05, 3.63) is 11.1 Å². The minimum Gasteiger partial charge on any atom is -0.234 e. The highest BCUT2D eigenvalue weighted by molar-refractivity contribution is 6.51. The Balaban J connectivity index is 5.54. The first-order valence-electron chi connectivity index (χ1n) is 3.44. The molecule has 1 unspecified atom stereocenters. The summed E-state index contributed by atoms with van der Waals surface area (Å²) in [5, 5.41) is -2.66. The summed E-state index contributed by atoms with van der Waals surface area (Å²) in [4.78, 5) is 0. The molecule has 0 amide bonds. The van der Waals surface area contributed by atoms with Crippen molar-refractivity contribution in [2.75, 3.05) is 0 Å². The maximum atomic E-state index is 13.0. The van der Waals surface area contributed by atoms with Crippen molar-refractivity contribution in [3.63, 3.8) is 0 Å². The summed E-state index contributed by atoms with van der Waals surface area (Å²) < 4.78 is 93.0. The van der Waals surface area contributed by atoms with E-state index >= 15 is 0 Å². The average Bonchev–Trinajstić information content (AvgIpc) is 2.13. The molecule has 0 aromatic carbocycles. The first-order chi connectivity index (χ1) is 7.26. The van der Waals surface area contributed by atoms with Crippen molar-refractivity contribution in [2.45, 2.75) is 22.6 Å². The summed E-state index contributed by atoms with van der Waals surface area (Å²) in [5.41, 5.74) is 0. The SMILES string of the molecule is FC(F)=C(Cl)C(F)(F)C(Cl)(Cl)C(F)C(F)(F)F. The van der Waals surface area contributed by atoms with Crippen LogP contribution in [-0.2, 0) is 0 Å². The van der Waals surface area contributed by atoms with E-state index in [2.05, 4.69) is 34.8 Å². The summed E-state index contributed by atoms with van der Waals surface area (Å²) in [6, 6.07) is 0. The van der Waals surface area contributed by atoms with Gasteiger partial charge in [0.1, 0.15) is 0 Å². The van der Waals surface area contributed by atoms with Crippen molar-refractivity contribution in [2.24, 2.45) is 0 Å². The van der Waals surface area contributed by atoms with Crippen LogP contribution in [0.15, 0.2) is 11.1 Å². The summed E-state index contributed by atoms with van der Waals surface area (Å²) in [5.74, 6) is -5.31. The van der Waals surface area contributed by atoms with E-state index in [0.717, 1.165) is 0 Å². The highest BCUT2D eigenvalue weighted by Gasteiger charge is 2.67. The van der Waals surface area contributed by atoms with Gasteiger partial charge in [-0.05, 0) is 0 Å². The molecule has 17 heavy (non-hydrogen) atoms. The number of alkyl halides is 8. The van der Waals surface area contributed by atoms with Gasteiger partial charge in [-0.2, -0.15) is 30.7 Å². The maximum absolute atomic E-state index is 13.0. The summed E-state index contributed by atoms with van der Waals surface area (Å²) >= 11 is 13.3. The van der Waals surface area contributed by atoms with Crippen LogP contribution in [0.1, 0.15) is 0 Å². The number of hydrogen-bond donors (Lipinski definition) is 0. The fraction of sp³-hybridized carbons (Fsp3) is 0.667. The minimum atomic E-state index is -5.86. The molecule has 0 aromatic heterocycles. The second-order valence-electron chi connectivity index (χ2n) is 2.68. The van der Waals surface area contributed by atoms with Gasteiger partial charge >= 0.3 is 12.1 Å². The van der Waals surface area contributed by atoms with Crippen LogP contribution in [0.4, 0.5) is 35.1 Å². The van der Waals surface area contributed by atoms with E-state index in [1.54, 1.807) is 0 Å². The molecule has 0 aliphatic rings. The first-order valence-corrected chi connectivity index (χ1v) is 4.57. The molecule has 0 saturated carbocycles. The summed E-state index contributed by atoms with van der Waals surface area (Å²) in [6.07, 6.45) is -13.6. The fourth-order valence-electron chi connectivity index (χ4n) is 0.630. The zero-order valence-corrected chi connectivity index (χ0v) is 9.50. The topological polar surface area (TPSA) is 0 Å². The standard InChI is InChI=1S/C6HCl3F8/c7-1(2(10)11)5(13,14)4(8,9)3(12)6(15,16)17/h3H. The predicted octanol–water partition coefficient (Wildman–Crippen LogP) is 5.04. The van der Waals surface area contributed by atoms with Crippen LogP contribution >= 0.6 is 34.8 Å². The molecule has 11 heteroatoms. The van der Waals surface area contributed by atoms with E-state index in [9.17, 15) is 35.1 Å². The van der Waals surface area contributed by atoms with Crippen LogP contribution < -0.4 is 0 Å². The van der Waals surface area contributed by atoms with Gasteiger partial charge in [-0.1, -0.05) is 34.8 Å². The number of allylic oxidation sites excluding steroid dienone is 1. The third-order valence-corrected chi connectivity index (χ3v) is 2.70. The molecule has 102 valence electrons. The van der Waals surface area contributed by atoms with Gasteiger partial charge in [-0.25, -0.2) is 4.39 Å². The zero-order chi connectivity index (χ0) is 14.2. The Kier molecular flexibility index (Phi) is 4.98. The van der Waals surface area contributed by atoms with Gasteiger partial charge in [0, 0.05) is 0 Å². The minimum absolute atomic E-state index is 2.66. The molecule has 0 rings (SSSR count). The molecular formula is C6HCl3F8. The second kappa shape index (κ2) is 4.97. The van der Waals surface area contributed by atoms with E-state index in [0.29, 0.717) is 0 Å². The molecule has 0 radical (unpaired) electrons. The lowest BCUT2D eigenvalue weighted by Crippen LogP contribution is -2.52. The molecule has 0 fully saturated rings. The van der Waals surface area contributed by atoms with Gasteiger partial charge in [-0.15, -0.1) is 0 Å². The molecule has 0 saturated heterocycles. The highest BCUT2D eigenvalue weighted by atomic mass is 35.5. The molecule has 0 nitrogen and oxygen atoms in total. The number of rotatable bonds is 3. The van der Waals surface area contributed by atoms with Gasteiger partial charge in [0.2, 0.25) is 10.5 Å². The van der Waals surface area contributed by atoms with Crippen LogP contribution in [0.3, 0.4) is 0 Å². The Morgan fingerprint density at radius 3 is 1.53 bits per heavy atom. The normalized spacial score (nSPS) is 15.7. The molecule has 1 atom stereocenters. The molecule has 0 bridgehead atoms. The second-order valence-corrected chi connectivity index (χ2v) is 4.44. The Morgan fingerprint density at radius 2 is 1.29 bits per heavy atom. The van der Waals surface area contributed by atoms with Crippen molar-refractivity contribution < 1.29 is 35.1 Å². The van der Waals surface area contributed by atoms with Crippen LogP contribution in [0.25, 0.3) is 0 Å². The zero-order valence-electron chi connectivity index (χ0n) is 7.23.